The van der Waals surface area contributed by atoms with Crippen molar-refractivity contribution in [1.29, 1.82) is 0 Å². The Morgan fingerprint density at radius 2 is 2.06 bits per heavy atom. The molecule has 0 unspecified atom stereocenters. The molecular weight excluding hydrogens is 226 g/mol. The van der Waals surface area contributed by atoms with E-state index in [0.29, 0.717) is 0 Å². The van der Waals surface area contributed by atoms with E-state index in [1.54, 1.807) is 11.6 Å². The molecule has 90 valence electrons. The van der Waals surface area contributed by atoms with E-state index >= 15 is 0 Å². The lowest BCUT2D eigenvalue weighted by Gasteiger charge is -2.21. The summed E-state index contributed by atoms with van der Waals surface area (Å²) in [4.78, 5) is 3.87. The SMILES string of the molecule is Cn1cnc(S(=O)(=O)NC2CCCCC2)c1. The van der Waals surface area contributed by atoms with Crippen LogP contribution in [0.5, 0.6) is 0 Å². The fourth-order valence-corrected chi connectivity index (χ4v) is 3.31. The largest absolute Gasteiger partial charge is 0.339 e. The Kier molecular flexibility index (Phi) is 3.30. The van der Waals surface area contributed by atoms with Gasteiger partial charge in [0.15, 0.2) is 5.03 Å². The number of rotatable bonds is 3. The molecule has 0 radical (unpaired) electrons. The minimum Gasteiger partial charge on any atom is -0.339 e. The summed E-state index contributed by atoms with van der Waals surface area (Å²) in [5.74, 6) is 0. The lowest BCUT2D eigenvalue weighted by atomic mass is 9.96. The van der Waals surface area contributed by atoms with Gasteiger partial charge in [0, 0.05) is 19.3 Å². The van der Waals surface area contributed by atoms with Crippen LogP contribution in [0, 0.1) is 0 Å². The molecule has 1 N–H and O–H groups in total. The van der Waals surface area contributed by atoms with Gasteiger partial charge in [0.1, 0.15) is 0 Å². The predicted octanol–water partition coefficient (Wildman–Crippen LogP) is 1.03. The van der Waals surface area contributed by atoms with Gasteiger partial charge in [-0.15, -0.1) is 0 Å². The van der Waals surface area contributed by atoms with Crippen molar-refractivity contribution in [3.8, 4) is 0 Å². The summed E-state index contributed by atoms with van der Waals surface area (Å²) >= 11 is 0. The van der Waals surface area contributed by atoms with Crippen LogP contribution in [0.3, 0.4) is 0 Å². The van der Waals surface area contributed by atoms with E-state index in [2.05, 4.69) is 9.71 Å². The number of aromatic nitrogens is 2. The van der Waals surface area contributed by atoms with Gasteiger partial charge in [-0.25, -0.2) is 18.1 Å². The number of sulfonamides is 1. The molecule has 0 aromatic carbocycles. The first-order valence-electron chi connectivity index (χ1n) is 5.58. The van der Waals surface area contributed by atoms with Crippen LogP contribution >= 0.6 is 0 Å². The van der Waals surface area contributed by atoms with E-state index in [1.807, 2.05) is 0 Å². The van der Waals surface area contributed by atoms with Crippen molar-refractivity contribution in [3.05, 3.63) is 12.5 Å². The Morgan fingerprint density at radius 3 is 2.62 bits per heavy atom. The van der Waals surface area contributed by atoms with Crippen LogP contribution < -0.4 is 4.72 Å². The summed E-state index contributed by atoms with van der Waals surface area (Å²) in [6.07, 6.45) is 8.31. The molecule has 1 aromatic rings. The molecule has 0 bridgehead atoms. The van der Waals surface area contributed by atoms with Gasteiger partial charge in [0.05, 0.1) is 6.33 Å². The van der Waals surface area contributed by atoms with Gasteiger partial charge < -0.3 is 4.57 Å². The fraction of sp³-hybridized carbons (Fsp3) is 0.700. The molecule has 1 aliphatic rings. The van der Waals surface area contributed by atoms with Gasteiger partial charge in [0.2, 0.25) is 0 Å². The molecule has 0 atom stereocenters. The first-order valence-corrected chi connectivity index (χ1v) is 7.06. The fourth-order valence-electron chi connectivity index (χ4n) is 2.03. The van der Waals surface area contributed by atoms with Crippen molar-refractivity contribution in [2.75, 3.05) is 0 Å². The third kappa shape index (κ3) is 2.62. The monoisotopic (exact) mass is 243 g/mol. The van der Waals surface area contributed by atoms with Crippen LogP contribution in [-0.4, -0.2) is 24.0 Å². The first kappa shape index (κ1) is 11.6. The standard InChI is InChI=1S/C10H17N3O2S/c1-13-7-10(11-8-13)16(14,15)12-9-5-3-2-4-6-9/h7-9,12H,2-6H2,1H3. The van der Waals surface area contributed by atoms with Crippen molar-refractivity contribution < 1.29 is 8.42 Å². The molecule has 0 saturated heterocycles. The molecule has 1 fully saturated rings. The van der Waals surface area contributed by atoms with Crippen LogP contribution in [0.4, 0.5) is 0 Å². The second-order valence-electron chi connectivity index (χ2n) is 4.33. The quantitative estimate of drug-likeness (QED) is 0.862. The second-order valence-corrected chi connectivity index (χ2v) is 5.99. The Balaban J connectivity index is 2.07. The lowest BCUT2D eigenvalue weighted by molar-refractivity contribution is 0.411. The molecule has 16 heavy (non-hydrogen) atoms. The molecule has 1 aliphatic carbocycles. The number of aryl methyl sites for hydroxylation is 1. The summed E-state index contributed by atoms with van der Waals surface area (Å²) in [7, 11) is -1.66. The molecule has 1 saturated carbocycles. The van der Waals surface area contributed by atoms with Gasteiger partial charge in [0.25, 0.3) is 10.0 Å². The average Bonchev–Trinajstić information content (AvgIpc) is 2.66. The maximum absolute atomic E-state index is 11.9. The topological polar surface area (TPSA) is 64.0 Å². The maximum Gasteiger partial charge on any atom is 0.259 e. The highest BCUT2D eigenvalue weighted by Crippen LogP contribution is 2.19. The Hall–Kier alpha value is -0.880. The zero-order valence-electron chi connectivity index (χ0n) is 9.39. The highest BCUT2D eigenvalue weighted by Gasteiger charge is 2.23. The zero-order chi connectivity index (χ0) is 11.6. The van der Waals surface area contributed by atoms with Gasteiger partial charge in [-0.3, -0.25) is 0 Å². The molecule has 0 aliphatic heterocycles. The average molecular weight is 243 g/mol. The molecule has 5 nitrogen and oxygen atoms in total. The minimum absolute atomic E-state index is 0.0840. The van der Waals surface area contributed by atoms with Gasteiger partial charge in [-0.05, 0) is 12.8 Å². The summed E-state index contributed by atoms with van der Waals surface area (Å²) in [6, 6.07) is 0.0840. The predicted molar refractivity (Wildman–Crippen MR) is 60.4 cm³/mol. The normalized spacial score (nSPS) is 18.8. The van der Waals surface area contributed by atoms with Crippen LogP contribution in [-0.2, 0) is 17.1 Å². The second kappa shape index (κ2) is 4.55. The lowest BCUT2D eigenvalue weighted by Crippen LogP contribution is -2.36. The zero-order valence-corrected chi connectivity index (χ0v) is 10.2. The van der Waals surface area contributed by atoms with Crippen molar-refractivity contribution in [2.45, 2.75) is 43.2 Å². The Labute approximate surface area is 95.9 Å². The van der Waals surface area contributed by atoms with E-state index in [9.17, 15) is 8.42 Å². The molecule has 1 heterocycles. The minimum atomic E-state index is -3.42. The molecule has 0 amide bonds. The van der Waals surface area contributed by atoms with Crippen molar-refractivity contribution >= 4 is 10.0 Å². The van der Waals surface area contributed by atoms with E-state index in [4.69, 9.17) is 0 Å². The van der Waals surface area contributed by atoms with Gasteiger partial charge in [-0.2, -0.15) is 0 Å². The number of imidazole rings is 1. The molecule has 1 aromatic heterocycles. The number of nitrogens with one attached hydrogen (secondary N) is 1. The van der Waals surface area contributed by atoms with Crippen molar-refractivity contribution in [2.24, 2.45) is 7.05 Å². The smallest absolute Gasteiger partial charge is 0.259 e. The molecule has 0 spiro atoms. The summed E-state index contributed by atoms with van der Waals surface area (Å²) < 4.78 is 28.2. The Bertz CT molecular complexity index is 446. The number of hydrogen-bond acceptors (Lipinski definition) is 3. The highest BCUT2D eigenvalue weighted by molar-refractivity contribution is 7.89. The molecule has 2 rings (SSSR count). The first-order chi connectivity index (χ1) is 7.58. The highest BCUT2D eigenvalue weighted by atomic mass is 32.2. The third-order valence-corrected chi connectivity index (χ3v) is 4.29. The van der Waals surface area contributed by atoms with Crippen LogP contribution in [0.1, 0.15) is 32.1 Å². The van der Waals surface area contributed by atoms with E-state index in [-0.39, 0.29) is 11.1 Å². The summed E-state index contributed by atoms with van der Waals surface area (Å²) in [6.45, 7) is 0. The van der Waals surface area contributed by atoms with Gasteiger partial charge >= 0.3 is 0 Å². The third-order valence-electron chi connectivity index (χ3n) is 2.88. The van der Waals surface area contributed by atoms with E-state index in [1.165, 1.54) is 18.9 Å². The molecular formula is C10H17N3O2S. The number of nitrogens with zero attached hydrogens (tertiary/aromatic N) is 2. The van der Waals surface area contributed by atoms with Gasteiger partial charge in [-0.1, -0.05) is 19.3 Å². The van der Waals surface area contributed by atoms with Crippen LogP contribution in [0.2, 0.25) is 0 Å². The van der Waals surface area contributed by atoms with Crippen molar-refractivity contribution in [1.82, 2.24) is 14.3 Å². The summed E-state index contributed by atoms with van der Waals surface area (Å²) in [5.41, 5.74) is 0. The van der Waals surface area contributed by atoms with Crippen LogP contribution in [0.25, 0.3) is 0 Å². The van der Waals surface area contributed by atoms with E-state index < -0.39 is 10.0 Å². The molecule has 6 heteroatoms. The number of hydrogen-bond donors (Lipinski definition) is 1. The van der Waals surface area contributed by atoms with E-state index in [0.717, 1.165) is 25.7 Å². The van der Waals surface area contributed by atoms with Crippen molar-refractivity contribution in [3.63, 3.8) is 0 Å². The maximum atomic E-state index is 11.9. The summed E-state index contributed by atoms with van der Waals surface area (Å²) in [5, 5.41) is 0.112. The Morgan fingerprint density at radius 1 is 1.38 bits per heavy atom. The van der Waals surface area contributed by atoms with Crippen LogP contribution in [0.15, 0.2) is 17.6 Å².